The lowest BCUT2D eigenvalue weighted by Crippen LogP contribution is -2.19. The summed E-state index contributed by atoms with van der Waals surface area (Å²) in [4.78, 5) is 14.4. The summed E-state index contributed by atoms with van der Waals surface area (Å²) in [7, 11) is 3.79. The van der Waals surface area contributed by atoms with Crippen LogP contribution in [0.1, 0.15) is 15.9 Å². The molecule has 21 heavy (non-hydrogen) atoms. The number of hydrogen-bond acceptors (Lipinski definition) is 3. The average molecular weight is 348 g/mol. The predicted molar refractivity (Wildman–Crippen MR) is 92.0 cm³/mol. The topological polar surface area (TPSA) is 58.4 Å². The van der Waals surface area contributed by atoms with Crippen LogP contribution < -0.4 is 16.0 Å². The van der Waals surface area contributed by atoms with Crippen molar-refractivity contribution in [3.8, 4) is 0 Å². The largest absolute Gasteiger partial charge is 0.399 e. The van der Waals surface area contributed by atoms with E-state index in [0.29, 0.717) is 11.3 Å². The molecule has 5 heteroatoms. The Balaban J connectivity index is 2.37. The van der Waals surface area contributed by atoms with Gasteiger partial charge in [-0.2, -0.15) is 0 Å². The van der Waals surface area contributed by atoms with Crippen LogP contribution in [-0.2, 0) is 0 Å². The molecule has 2 aromatic carbocycles. The number of benzene rings is 2. The van der Waals surface area contributed by atoms with Crippen LogP contribution in [0, 0.1) is 6.92 Å². The average Bonchev–Trinajstić information content (AvgIpc) is 2.43. The van der Waals surface area contributed by atoms with Gasteiger partial charge in [0.05, 0.1) is 11.3 Å². The SMILES string of the molecule is Cc1cccc(NC(=O)c2cc(N)ccc2N(C)C)c1Br. The van der Waals surface area contributed by atoms with Crippen molar-refractivity contribution in [1.82, 2.24) is 0 Å². The summed E-state index contributed by atoms with van der Waals surface area (Å²) < 4.78 is 0.883. The van der Waals surface area contributed by atoms with Crippen LogP contribution in [0.5, 0.6) is 0 Å². The van der Waals surface area contributed by atoms with E-state index in [9.17, 15) is 4.79 Å². The third-order valence-corrected chi connectivity index (χ3v) is 4.24. The minimum absolute atomic E-state index is 0.183. The van der Waals surface area contributed by atoms with Gasteiger partial charge in [0.2, 0.25) is 0 Å². The van der Waals surface area contributed by atoms with Crippen LogP contribution >= 0.6 is 15.9 Å². The molecule has 0 fully saturated rings. The number of nitrogens with zero attached hydrogens (tertiary/aromatic N) is 1. The van der Waals surface area contributed by atoms with Crippen molar-refractivity contribution in [1.29, 1.82) is 0 Å². The molecule has 0 saturated heterocycles. The van der Waals surface area contributed by atoms with Crippen LogP contribution in [-0.4, -0.2) is 20.0 Å². The van der Waals surface area contributed by atoms with Crippen LogP contribution in [0.2, 0.25) is 0 Å². The summed E-state index contributed by atoms with van der Waals surface area (Å²) in [6, 6.07) is 11.1. The van der Waals surface area contributed by atoms with Gasteiger partial charge in [-0.25, -0.2) is 0 Å². The summed E-state index contributed by atoms with van der Waals surface area (Å²) in [5.74, 6) is -0.183. The van der Waals surface area contributed by atoms with E-state index < -0.39 is 0 Å². The van der Waals surface area contributed by atoms with Crippen molar-refractivity contribution >= 4 is 38.9 Å². The van der Waals surface area contributed by atoms with Gasteiger partial charge in [-0.3, -0.25) is 4.79 Å². The molecular weight excluding hydrogens is 330 g/mol. The van der Waals surface area contributed by atoms with Gasteiger partial charge in [-0.1, -0.05) is 12.1 Å². The second-order valence-corrected chi connectivity index (χ2v) is 5.85. The van der Waals surface area contributed by atoms with Crippen LogP contribution in [0.15, 0.2) is 40.9 Å². The zero-order chi connectivity index (χ0) is 15.6. The first kappa shape index (κ1) is 15.4. The van der Waals surface area contributed by atoms with E-state index in [1.807, 2.05) is 50.2 Å². The van der Waals surface area contributed by atoms with Crippen LogP contribution in [0.25, 0.3) is 0 Å². The molecule has 0 aliphatic heterocycles. The molecule has 4 nitrogen and oxygen atoms in total. The Bertz CT molecular complexity index is 683. The molecular formula is C16H18BrN3O. The smallest absolute Gasteiger partial charge is 0.257 e. The number of rotatable bonds is 3. The van der Waals surface area contributed by atoms with Crippen LogP contribution in [0.3, 0.4) is 0 Å². The number of carbonyl (C=O) groups is 1. The highest BCUT2D eigenvalue weighted by molar-refractivity contribution is 9.10. The maximum absolute atomic E-state index is 12.5. The number of anilines is 3. The van der Waals surface area contributed by atoms with Crippen molar-refractivity contribution in [2.24, 2.45) is 0 Å². The number of halogens is 1. The Morgan fingerprint density at radius 2 is 1.95 bits per heavy atom. The van der Waals surface area contributed by atoms with E-state index in [4.69, 9.17) is 5.73 Å². The Kier molecular flexibility index (Phi) is 4.53. The summed E-state index contributed by atoms with van der Waals surface area (Å²) in [6.07, 6.45) is 0. The second-order valence-electron chi connectivity index (χ2n) is 5.06. The molecule has 0 spiro atoms. The Morgan fingerprint density at radius 1 is 1.24 bits per heavy atom. The third-order valence-electron chi connectivity index (χ3n) is 3.19. The lowest BCUT2D eigenvalue weighted by Gasteiger charge is -2.18. The number of amides is 1. The first-order valence-corrected chi connectivity index (χ1v) is 7.32. The zero-order valence-electron chi connectivity index (χ0n) is 12.3. The fourth-order valence-electron chi connectivity index (χ4n) is 2.06. The molecule has 2 rings (SSSR count). The summed E-state index contributed by atoms with van der Waals surface area (Å²) >= 11 is 3.49. The summed E-state index contributed by atoms with van der Waals surface area (Å²) in [5.41, 5.74) is 9.55. The van der Waals surface area contributed by atoms with Crippen molar-refractivity contribution in [3.05, 3.63) is 52.0 Å². The summed E-state index contributed by atoms with van der Waals surface area (Å²) in [6.45, 7) is 1.98. The lowest BCUT2D eigenvalue weighted by atomic mass is 10.1. The zero-order valence-corrected chi connectivity index (χ0v) is 13.9. The third kappa shape index (κ3) is 3.36. The normalized spacial score (nSPS) is 10.3. The minimum Gasteiger partial charge on any atom is -0.399 e. The van der Waals surface area contributed by atoms with Gasteiger partial charge in [0.15, 0.2) is 0 Å². The van der Waals surface area contributed by atoms with Gasteiger partial charge in [0.1, 0.15) is 0 Å². The van der Waals surface area contributed by atoms with Crippen molar-refractivity contribution in [3.63, 3.8) is 0 Å². The first-order chi connectivity index (χ1) is 9.90. The molecule has 0 saturated carbocycles. The van der Waals surface area contributed by atoms with Crippen LogP contribution in [0.4, 0.5) is 17.1 Å². The molecule has 0 radical (unpaired) electrons. The van der Waals surface area contributed by atoms with E-state index >= 15 is 0 Å². The fraction of sp³-hybridized carbons (Fsp3) is 0.188. The number of aryl methyl sites for hydroxylation is 1. The van der Waals surface area contributed by atoms with Crippen molar-refractivity contribution in [2.75, 3.05) is 30.0 Å². The van der Waals surface area contributed by atoms with E-state index in [2.05, 4.69) is 21.2 Å². The highest BCUT2D eigenvalue weighted by Crippen LogP contribution is 2.28. The monoisotopic (exact) mass is 347 g/mol. The van der Waals surface area contributed by atoms with E-state index in [1.54, 1.807) is 12.1 Å². The highest BCUT2D eigenvalue weighted by atomic mass is 79.9. The number of nitrogens with two attached hydrogens (primary N) is 1. The molecule has 0 aliphatic carbocycles. The second kappa shape index (κ2) is 6.18. The maximum Gasteiger partial charge on any atom is 0.257 e. The molecule has 110 valence electrons. The van der Waals surface area contributed by atoms with E-state index in [1.165, 1.54) is 0 Å². The number of nitrogens with one attached hydrogen (secondary N) is 1. The van der Waals surface area contributed by atoms with Gasteiger partial charge in [0.25, 0.3) is 5.91 Å². The minimum atomic E-state index is -0.183. The number of hydrogen-bond donors (Lipinski definition) is 2. The fourth-order valence-corrected chi connectivity index (χ4v) is 2.42. The first-order valence-electron chi connectivity index (χ1n) is 6.53. The Labute approximate surface area is 133 Å². The summed E-state index contributed by atoms with van der Waals surface area (Å²) in [5, 5.41) is 2.92. The quantitative estimate of drug-likeness (QED) is 0.833. The molecule has 0 bridgehead atoms. The number of carbonyl (C=O) groups excluding carboxylic acids is 1. The number of nitrogen functional groups attached to an aromatic ring is 1. The molecule has 0 heterocycles. The maximum atomic E-state index is 12.5. The highest BCUT2D eigenvalue weighted by Gasteiger charge is 2.15. The van der Waals surface area contributed by atoms with Crippen molar-refractivity contribution < 1.29 is 4.79 Å². The van der Waals surface area contributed by atoms with E-state index in [-0.39, 0.29) is 5.91 Å². The molecule has 1 amide bonds. The molecule has 0 atom stereocenters. The predicted octanol–water partition coefficient (Wildman–Crippen LogP) is 3.66. The Hall–Kier alpha value is -2.01. The van der Waals surface area contributed by atoms with Gasteiger partial charge in [-0.05, 0) is 52.7 Å². The Morgan fingerprint density at radius 3 is 2.62 bits per heavy atom. The van der Waals surface area contributed by atoms with Gasteiger partial charge in [0, 0.05) is 29.9 Å². The van der Waals surface area contributed by atoms with Gasteiger partial charge >= 0.3 is 0 Å². The molecule has 3 N–H and O–H groups in total. The molecule has 0 aliphatic rings. The lowest BCUT2D eigenvalue weighted by molar-refractivity contribution is 0.102. The van der Waals surface area contributed by atoms with Gasteiger partial charge in [-0.15, -0.1) is 0 Å². The molecule has 2 aromatic rings. The molecule has 0 unspecified atom stereocenters. The van der Waals surface area contributed by atoms with Crippen molar-refractivity contribution in [2.45, 2.75) is 6.92 Å². The van der Waals surface area contributed by atoms with E-state index in [0.717, 1.165) is 21.4 Å². The standard InChI is InChI=1S/C16H18BrN3O/c1-10-5-4-6-13(15(10)17)19-16(21)12-9-11(18)7-8-14(12)20(2)3/h4-9H,18H2,1-3H3,(H,19,21). The molecule has 0 aromatic heterocycles. The van der Waals surface area contributed by atoms with Gasteiger partial charge < -0.3 is 16.0 Å².